The van der Waals surface area contributed by atoms with Crippen molar-refractivity contribution in [3.63, 3.8) is 0 Å². The summed E-state index contributed by atoms with van der Waals surface area (Å²) in [6, 6.07) is 5.93. The second-order valence-corrected chi connectivity index (χ2v) is 2.82. The number of hydrogen-bond donors (Lipinski definition) is 1. The summed E-state index contributed by atoms with van der Waals surface area (Å²) < 4.78 is 5.02. The average Bonchev–Trinajstić information content (AvgIpc) is 2.61. The van der Waals surface area contributed by atoms with Crippen LogP contribution >= 0.6 is 0 Å². The van der Waals surface area contributed by atoms with Gasteiger partial charge in [0.15, 0.2) is 5.58 Å². The third-order valence-electron chi connectivity index (χ3n) is 1.93. The first-order valence-electron chi connectivity index (χ1n) is 4.05. The van der Waals surface area contributed by atoms with Crippen molar-refractivity contribution in [2.45, 2.75) is 6.42 Å². The Morgan fingerprint density at radius 3 is 3.23 bits per heavy atom. The second kappa shape index (κ2) is 3.55. The van der Waals surface area contributed by atoms with Crippen LogP contribution in [0.3, 0.4) is 0 Å². The van der Waals surface area contributed by atoms with Crippen LogP contribution in [0.2, 0.25) is 0 Å². The van der Waals surface area contributed by atoms with Gasteiger partial charge in [-0.2, -0.15) is 0 Å². The summed E-state index contributed by atoms with van der Waals surface area (Å²) in [6.45, 7) is 0.514. The third-order valence-corrected chi connectivity index (χ3v) is 1.93. The standard InChI is InChI=1S/C9H10N2O2/c10-12-4-3-7-1-2-8-6-11-13-9(8)5-7/h1-2,5-6H,3-4,10H2. The summed E-state index contributed by atoms with van der Waals surface area (Å²) in [5.74, 6) is 4.93. The molecule has 1 aromatic heterocycles. The fraction of sp³-hybridized carbons (Fsp3) is 0.222. The molecular weight excluding hydrogens is 168 g/mol. The molecule has 0 aliphatic carbocycles. The van der Waals surface area contributed by atoms with Crippen LogP contribution in [0.25, 0.3) is 11.0 Å². The molecule has 1 aromatic carbocycles. The zero-order valence-corrected chi connectivity index (χ0v) is 7.06. The van der Waals surface area contributed by atoms with Crippen LogP contribution in [0.5, 0.6) is 0 Å². The molecule has 1 heterocycles. The topological polar surface area (TPSA) is 61.3 Å². The molecule has 4 nitrogen and oxygen atoms in total. The summed E-state index contributed by atoms with van der Waals surface area (Å²) in [6.07, 6.45) is 2.48. The van der Waals surface area contributed by atoms with E-state index in [2.05, 4.69) is 9.99 Å². The smallest absolute Gasteiger partial charge is 0.167 e. The maximum atomic E-state index is 5.02. The minimum absolute atomic E-state index is 0.514. The molecule has 0 amide bonds. The van der Waals surface area contributed by atoms with Crippen LogP contribution in [0.15, 0.2) is 28.9 Å². The molecule has 2 aromatic rings. The number of hydrogen-bond acceptors (Lipinski definition) is 4. The number of nitrogens with two attached hydrogens (primary N) is 1. The Bertz CT molecular complexity index is 397. The van der Waals surface area contributed by atoms with E-state index in [4.69, 9.17) is 10.4 Å². The van der Waals surface area contributed by atoms with Crippen LogP contribution < -0.4 is 5.90 Å². The van der Waals surface area contributed by atoms with Crippen LogP contribution in [0, 0.1) is 0 Å². The maximum Gasteiger partial charge on any atom is 0.167 e. The summed E-state index contributed by atoms with van der Waals surface area (Å²) in [5.41, 5.74) is 1.93. The molecule has 0 spiro atoms. The maximum absolute atomic E-state index is 5.02. The van der Waals surface area contributed by atoms with Gasteiger partial charge in [0.1, 0.15) is 0 Å². The number of rotatable bonds is 3. The molecule has 0 aliphatic heterocycles. The van der Waals surface area contributed by atoms with Crippen LogP contribution in [-0.4, -0.2) is 11.8 Å². The normalized spacial score (nSPS) is 10.8. The van der Waals surface area contributed by atoms with Crippen molar-refractivity contribution in [3.8, 4) is 0 Å². The van der Waals surface area contributed by atoms with E-state index in [1.807, 2.05) is 18.2 Å². The Hall–Kier alpha value is -1.39. The monoisotopic (exact) mass is 178 g/mol. The van der Waals surface area contributed by atoms with Crippen molar-refractivity contribution in [2.75, 3.05) is 6.61 Å². The predicted molar refractivity (Wildman–Crippen MR) is 47.9 cm³/mol. The molecule has 0 unspecified atom stereocenters. The highest BCUT2D eigenvalue weighted by molar-refractivity contribution is 5.76. The van der Waals surface area contributed by atoms with Gasteiger partial charge in [-0.15, -0.1) is 0 Å². The van der Waals surface area contributed by atoms with Gasteiger partial charge < -0.3 is 9.36 Å². The Labute approximate surface area is 75.2 Å². The van der Waals surface area contributed by atoms with E-state index in [0.717, 1.165) is 23.0 Å². The quantitative estimate of drug-likeness (QED) is 0.719. The van der Waals surface area contributed by atoms with Gasteiger partial charge >= 0.3 is 0 Å². The van der Waals surface area contributed by atoms with E-state index in [9.17, 15) is 0 Å². The number of fused-ring (bicyclic) bond motifs is 1. The lowest BCUT2D eigenvalue weighted by atomic mass is 10.1. The second-order valence-electron chi connectivity index (χ2n) is 2.82. The zero-order chi connectivity index (χ0) is 9.10. The molecule has 13 heavy (non-hydrogen) atoms. The van der Waals surface area contributed by atoms with Crippen molar-refractivity contribution < 1.29 is 9.36 Å². The first kappa shape index (κ1) is 8.22. The Kier molecular flexibility index (Phi) is 2.25. The highest BCUT2D eigenvalue weighted by Crippen LogP contribution is 2.15. The summed E-state index contributed by atoms with van der Waals surface area (Å²) in [7, 11) is 0. The largest absolute Gasteiger partial charge is 0.356 e. The van der Waals surface area contributed by atoms with Gasteiger partial charge in [0.2, 0.25) is 0 Å². The Balaban J connectivity index is 2.26. The number of nitrogens with zero attached hydrogens (tertiary/aromatic N) is 1. The fourth-order valence-corrected chi connectivity index (χ4v) is 1.24. The lowest BCUT2D eigenvalue weighted by Crippen LogP contribution is -2.03. The first-order valence-corrected chi connectivity index (χ1v) is 4.05. The van der Waals surface area contributed by atoms with Crippen molar-refractivity contribution in [3.05, 3.63) is 30.0 Å². The molecule has 0 fully saturated rings. The Morgan fingerprint density at radius 2 is 2.38 bits per heavy atom. The lowest BCUT2D eigenvalue weighted by Gasteiger charge is -1.98. The minimum Gasteiger partial charge on any atom is -0.356 e. The van der Waals surface area contributed by atoms with Crippen molar-refractivity contribution >= 4 is 11.0 Å². The highest BCUT2D eigenvalue weighted by atomic mass is 16.6. The molecular formula is C9H10N2O2. The van der Waals surface area contributed by atoms with E-state index in [-0.39, 0.29) is 0 Å². The van der Waals surface area contributed by atoms with Gasteiger partial charge in [-0.25, -0.2) is 5.90 Å². The molecule has 0 aliphatic rings. The summed E-state index contributed by atoms with van der Waals surface area (Å²) >= 11 is 0. The molecule has 4 heteroatoms. The van der Waals surface area contributed by atoms with E-state index in [1.165, 1.54) is 0 Å². The van der Waals surface area contributed by atoms with E-state index in [0.29, 0.717) is 6.61 Å². The molecule has 68 valence electrons. The lowest BCUT2D eigenvalue weighted by molar-refractivity contribution is 0.141. The minimum atomic E-state index is 0.514. The van der Waals surface area contributed by atoms with E-state index in [1.54, 1.807) is 6.20 Å². The fourth-order valence-electron chi connectivity index (χ4n) is 1.24. The van der Waals surface area contributed by atoms with Crippen molar-refractivity contribution in [1.29, 1.82) is 0 Å². The number of aromatic nitrogens is 1. The van der Waals surface area contributed by atoms with Gasteiger partial charge in [0.05, 0.1) is 12.8 Å². The SMILES string of the molecule is NOCCc1ccc2cnoc2c1. The average molecular weight is 178 g/mol. The Morgan fingerprint density at radius 1 is 1.46 bits per heavy atom. The molecule has 0 atom stereocenters. The van der Waals surface area contributed by atoms with Crippen molar-refractivity contribution in [2.24, 2.45) is 5.90 Å². The van der Waals surface area contributed by atoms with Crippen molar-refractivity contribution in [1.82, 2.24) is 5.16 Å². The first-order chi connectivity index (χ1) is 6.40. The van der Waals surface area contributed by atoms with Gasteiger partial charge in [-0.05, 0) is 24.1 Å². The zero-order valence-electron chi connectivity index (χ0n) is 7.06. The van der Waals surface area contributed by atoms with Gasteiger partial charge in [-0.1, -0.05) is 11.2 Å². The number of benzene rings is 1. The molecule has 0 radical (unpaired) electrons. The van der Waals surface area contributed by atoms with Gasteiger partial charge in [0, 0.05) is 5.39 Å². The molecule has 0 bridgehead atoms. The van der Waals surface area contributed by atoms with Gasteiger partial charge in [0.25, 0.3) is 0 Å². The summed E-state index contributed by atoms with van der Waals surface area (Å²) in [5, 5.41) is 4.70. The molecule has 0 saturated carbocycles. The van der Waals surface area contributed by atoms with Gasteiger partial charge in [-0.3, -0.25) is 0 Å². The van der Waals surface area contributed by atoms with Crippen LogP contribution in [-0.2, 0) is 11.3 Å². The van der Waals surface area contributed by atoms with E-state index >= 15 is 0 Å². The summed E-state index contributed by atoms with van der Waals surface area (Å²) in [4.78, 5) is 4.49. The molecule has 2 rings (SSSR count). The molecule has 2 N–H and O–H groups in total. The predicted octanol–water partition coefficient (Wildman–Crippen LogP) is 1.26. The van der Waals surface area contributed by atoms with Crippen LogP contribution in [0.4, 0.5) is 0 Å². The highest BCUT2D eigenvalue weighted by Gasteiger charge is 1.99. The molecule has 0 saturated heterocycles. The van der Waals surface area contributed by atoms with Crippen LogP contribution in [0.1, 0.15) is 5.56 Å². The van der Waals surface area contributed by atoms with E-state index < -0.39 is 0 Å². The third kappa shape index (κ3) is 1.68.